The molecule has 0 saturated heterocycles. The molecule has 2 aromatic carbocycles. The van der Waals surface area contributed by atoms with Gasteiger partial charge in [0.15, 0.2) is 5.11 Å². The van der Waals surface area contributed by atoms with Crippen molar-refractivity contribution in [2.45, 2.75) is 27.2 Å². The maximum Gasteiger partial charge on any atom is 0.269 e. The Morgan fingerprint density at radius 1 is 1.10 bits per heavy atom. The van der Waals surface area contributed by atoms with Crippen molar-refractivity contribution in [2.24, 2.45) is 5.92 Å². The molecule has 2 aromatic rings. The molecule has 0 heterocycles. The van der Waals surface area contributed by atoms with Crippen LogP contribution in [-0.2, 0) is 0 Å². The highest BCUT2D eigenvalue weighted by atomic mass is 79.9. The van der Waals surface area contributed by atoms with Crippen LogP contribution >= 0.6 is 28.1 Å². The molecule has 2 amide bonds. The van der Waals surface area contributed by atoms with Crippen LogP contribution in [0.2, 0.25) is 0 Å². The standard InChI is InChI=1S/C21H24BrN3O3S/c1-13(2)10-11-28-18-9-8-15(12-17(18)22)19(26)23-21(29)25-24-20(27)16-7-5-4-6-14(16)3/h4-9,12-13H,10-11H2,1-3H3,(H,24,27)(H2,23,25,26,29). The fraction of sp³-hybridized carbons (Fsp3) is 0.286. The molecule has 6 nitrogen and oxygen atoms in total. The quantitative estimate of drug-likeness (QED) is 0.430. The lowest BCUT2D eigenvalue weighted by molar-refractivity contribution is 0.0934. The number of hydrazine groups is 1. The molecule has 0 saturated carbocycles. The lowest BCUT2D eigenvalue weighted by Gasteiger charge is -2.13. The Bertz CT molecular complexity index is 902. The molecule has 0 radical (unpaired) electrons. The second kappa shape index (κ2) is 10.9. The molecule has 0 aliphatic rings. The Morgan fingerprint density at radius 3 is 2.48 bits per heavy atom. The molecular weight excluding hydrogens is 454 g/mol. The van der Waals surface area contributed by atoms with Gasteiger partial charge in [0.05, 0.1) is 11.1 Å². The van der Waals surface area contributed by atoms with Gasteiger partial charge in [-0.05, 0) is 77.2 Å². The van der Waals surface area contributed by atoms with Crippen LogP contribution < -0.4 is 20.9 Å². The van der Waals surface area contributed by atoms with Gasteiger partial charge >= 0.3 is 0 Å². The Kier molecular flexibility index (Phi) is 8.60. The lowest BCUT2D eigenvalue weighted by Crippen LogP contribution is -2.48. The van der Waals surface area contributed by atoms with Crippen molar-refractivity contribution in [1.29, 1.82) is 0 Å². The molecule has 3 N–H and O–H groups in total. The molecule has 0 aliphatic heterocycles. The second-order valence-electron chi connectivity index (χ2n) is 6.85. The number of ether oxygens (including phenoxy) is 1. The third-order valence-electron chi connectivity index (χ3n) is 4.05. The van der Waals surface area contributed by atoms with Crippen LogP contribution in [-0.4, -0.2) is 23.5 Å². The molecule has 8 heteroatoms. The van der Waals surface area contributed by atoms with E-state index in [9.17, 15) is 9.59 Å². The Morgan fingerprint density at radius 2 is 1.83 bits per heavy atom. The Balaban J connectivity index is 1.87. The first-order valence-corrected chi connectivity index (χ1v) is 10.4. The first-order valence-electron chi connectivity index (χ1n) is 9.17. The summed E-state index contributed by atoms with van der Waals surface area (Å²) in [4.78, 5) is 24.5. The van der Waals surface area contributed by atoms with Crippen molar-refractivity contribution in [1.82, 2.24) is 16.2 Å². The molecule has 0 unspecified atom stereocenters. The largest absolute Gasteiger partial charge is 0.492 e. The fourth-order valence-corrected chi connectivity index (χ4v) is 3.02. The number of benzene rings is 2. The number of halogens is 1. The van der Waals surface area contributed by atoms with Gasteiger partial charge in [-0.25, -0.2) is 0 Å². The summed E-state index contributed by atoms with van der Waals surface area (Å²) in [6.45, 7) is 6.71. The number of carbonyl (C=O) groups is 2. The SMILES string of the molecule is Cc1ccccc1C(=O)NNC(=S)NC(=O)c1ccc(OCCC(C)C)c(Br)c1. The molecule has 29 heavy (non-hydrogen) atoms. The average molecular weight is 478 g/mol. The van der Waals surface area contributed by atoms with Gasteiger partial charge in [-0.1, -0.05) is 32.0 Å². The van der Waals surface area contributed by atoms with Gasteiger partial charge in [-0.15, -0.1) is 0 Å². The summed E-state index contributed by atoms with van der Waals surface area (Å²) >= 11 is 8.50. The summed E-state index contributed by atoms with van der Waals surface area (Å²) in [6, 6.07) is 12.2. The molecule has 0 bridgehead atoms. The van der Waals surface area contributed by atoms with Gasteiger partial charge in [0, 0.05) is 11.1 Å². The van der Waals surface area contributed by atoms with Crippen LogP contribution in [0.5, 0.6) is 5.75 Å². The van der Waals surface area contributed by atoms with Gasteiger partial charge in [0.25, 0.3) is 11.8 Å². The number of amides is 2. The highest BCUT2D eigenvalue weighted by Crippen LogP contribution is 2.26. The molecule has 2 rings (SSSR count). The Labute approximate surface area is 184 Å². The van der Waals surface area contributed by atoms with E-state index in [1.54, 1.807) is 30.3 Å². The first kappa shape index (κ1) is 22.8. The van der Waals surface area contributed by atoms with Crippen molar-refractivity contribution < 1.29 is 14.3 Å². The zero-order valence-corrected chi connectivity index (χ0v) is 18.9. The van der Waals surface area contributed by atoms with E-state index in [2.05, 4.69) is 45.9 Å². The van der Waals surface area contributed by atoms with Crippen LogP contribution in [0.15, 0.2) is 46.9 Å². The van der Waals surface area contributed by atoms with Crippen molar-refractivity contribution in [3.8, 4) is 5.75 Å². The minimum atomic E-state index is -0.401. The molecule has 0 atom stereocenters. The van der Waals surface area contributed by atoms with E-state index in [1.165, 1.54) is 0 Å². The van der Waals surface area contributed by atoms with Crippen LogP contribution in [0.25, 0.3) is 0 Å². The smallest absolute Gasteiger partial charge is 0.269 e. The van der Waals surface area contributed by atoms with E-state index in [0.717, 1.165) is 12.0 Å². The first-order chi connectivity index (χ1) is 13.8. The van der Waals surface area contributed by atoms with Gasteiger partial charge in [0.2, 0.25) is 0 Å². The van der Waals surface area contributed by atoms with E-state index < -0.39 is 5.91 Å². The second-order valence-corrected chi connectivity index (χ2v) is 8.12. The number of hydrogen-bond acceptors (Lipinski definition) is 4. The molecule has 0 spiro atoms. The number of carbonyl (C=O) groups excluding carboxylic acids is 2. The molecule has 0 aliphatic carbocycles. The number of nitrogens with one attached hydrogen (secondary N) is 3. The molecule has 0 fully saturated rings. The van der Waals surface area contributed by atoms with Gasteiger partial charge in [-0.3, -0.25) is 25.8 Å². The minimum absolute atomic E-state index is 0.00897. The van der Waals surface area contributed by atoms with Crippen molar-refractivity contribution >= 4 is 45.1 Å². The van der Waals surface area contributed by atoms with Crippen LogP contribution in [0, 0.1) is 12.8 Å². The predicted octanol–water partition coefficient (Wildman–Crippen LogP) is 4.13. The number of rotatable bonds is 6. The molecular formula is C21H24BrN3O3S. The minimum Gasteiger partial charge on any atom is -0.492 e. The van der Waals surface area contributed by atoms with Crippen molar-refractivity contribution in [2.75, 3.05) is 6.61 Å². The maximum absolute atomic E-state index is 12.4. The van der Waals surface area contributed by atoms with Crippen LogP contribution in [0.3, 0.4) is 0 Å². The van der Waals surface area contributed by atoms with Gasteiger partial charge in [0.1, 0.15) is 5.75 Å². The summed E-state index contributed by atoms with van der Waals surface area (Å²) in [5.41, 5.74) is 6.77. The lowest BCUT2D eigenvalue weighted by atomic mass is 10.1. The van der Waals surface area contributed by atoms with Gasteiger partial charge < -0.3 is 4.74 Å². The fourth-order valence-electron chi connectivity index (χ4n) is 2.38. The van der Waals surface area contributed by atoms with E-state index in [1.807, 2.05) is 19.1 Å². The van der Waals surface area contributed by atoms with Gasteiger partial charge in [-0.2, -0.15) is 0 Å². The van der Waals surface area contributed by atoms with E-state index in [0.29, 0.717) is 33.9 Å². The molecule has 0 aromatic heterocycles. The third kappa shape index (κ3) is 7.14. The van der Waals surface area contributed by atoms with Crippen LogP contribution in [0.4, 0.5) is 0 Å². The highest BCUT2D eigenvalue weighted by molar-refractivity contribution is 9.10. The number of thiocarbonyl (C=S) groups is 1. The average Bonchev–Trinajstić information content (AvgIpc) is 2.67. The van der Waals surface area contributed by atoms with E-state index in [4.69, 9.17) is 17.0 Å². The summed E-state index contributed by atoms with van der Waals surface area (Å²) < 4.78 is 6.40. The van der Waals surface area contributed by atoms with Crippen molar-refractivity contribution in [3.05, 3.63) is 63.6 Å². The van der Waals surface area contributed by atoms with E-state index >= 15 is 0 Å². The predicted molar refractivity (Wildman–Crippen MR) is 121 cm³/mol. The summed E-state index contributed by atoms with van der Waals surface area (Å²) in [5, 5.41) is 2.52. The highest BCUT2D eigenvalue weighted by Gasteiger charge is 2.12. The zero-order valence-electron chi connectivity index (χ0n) is 16.5. The third-order valence-corrected chi connectivity index (χ3v) is 4.88. The van der Waals surface area contributed by atoms with E-state index in [-0.39, 0.29) is 11.0 Å². The monoisotopic (exact) mass is 477 g/mol. The normalized spacial score (nSPS) is 10.4. The number of aryl methyl sites for hydroxylation is 1. The Hall–Kier alpha value is -2.45. The zero-order chi connectivity index (χ0) is 21.4. The van der Waals surface area contributed by atoms with Crippen molar-refractivity contribution in [3.63, 3.8) is 0 Å². The molecule has 154 valence electrons. The summed E-state index contributed by atoms with van der Waals surface area (Å²) in [6.07, 6.45) is 0.947. The number of hydrogen-bond donors (Lipinski definition) is 3. The summed E-state index contributed by atoms with van der Waals surface area (Å²) in [5.74, 6) is 0.486. The van der Waals surface area contributed by atoms with Crippen LogP contribution in [0.1, 0.15) is 46.5 Å². The topological polar surface area (TPSA) is 79.5 Å². The summed E-state index contributed by atoms with van der Waals surface area (Å²) in [7, 11) is 0. The maximum atomic E-state index is 12.4.